The van der Waals surface area contributed by atoms with Gasteiger partial charge >= 0.3 is 24.3 Å². The zero-order valence-electron chi connectivity index (χ0n) is 20.5. The first-order valence-corrected chi connectivity index (χ1v) is 11.5. The molecule has 0 aliphatic carbocycles. The van der Waals surface area contributed by atoms with E-state index in [4.69, 9.17) is 19.8 Å². The summed E-state index contributed by atoms with van der Waals surface area (Å²) >= 11 is 0. The van der Waals surface area contributed by atoms with Gasteiger partial charge in [-0.25, -0.2) is 9.59 Å². The summed E-state index contributed by atoms with van der Waals surface area (Å²) in [6.45, 7) is 4.76. The van der Waals surface area contributed by atoms with Gasteiger partial charge in [-0.3, -0.25) is 19.7 Å². The van der Waals surface area contributed by atoms with E-state index in [2.05, 4.69) is 20.9 Å². The highest BCUT2D eigenvalue weighted by molar-refractivity contribution is 5.94. The molecule has 15 heteroatoms. The molecule has 4 heterocycles. The number of alkyl halides is 6. The number of piperidine rings is 1. The molecule has 1 spiro atoms. The van der Waals surface area contributed by atoms with Gasteiger partial charge in [0.25, 0.3) is 5.91 Å². The first-order chi connectivity index (χ1) is 18.1. The lowest BCUT2D eigenvalue weighted by Gasteiger charge is -2.40. The van der Waals surface area contributed by atoms with Crippen LogP contribution in [0.2, 0.25) is 0 Å². The number of carboxylic acids is 2. The number of aliphatic carboxylic acids is 2. The Kier molecular flexibility index (Phi) is 10.8. The Morgan fingerprint density at radius 3 is 2.03 bits per heavy atom. The van der Waals surface area contributed by atoms with Gasteiger partial charge in [0.05, 0.1) is 11.3 Å². The van der Waals surface area contributed by atoms with Crippen molar-refractivity contribution in [1.82, 2.24) is 19.8 Å². The van der Waals surface area contributed by atoms with Crippen molar-refractivity contribution in [1.29, 1.82) is 0 Å². The summed E-state index contributed by atoms with van der Waals surface area (Å²) < 4.78 is 63.5. The normalized spacial score (nSPS) is 19.4. The Morgan fingerprint density at radius 2 is 1.51 bits per heavy atom. The Labute approximate surface area is 219 Å². The molecule has 2 aromatic heterocycles. The first kappa shape index (κ1) is 31.5. The third-order valence-corrected chi connectivity index (χ3v) is 5.97. The van der Waals surface area contributed by atoms with Crippen LogP contribution in [0.3, 0.4) is 0 Å². The molecule has 1 unspecified atom stereocenters. The number of likely N-dealkylation sites (tertiary alicyclic amines) is 2. The Hall–Kier alpha value is -3.75. The Bertz CT molecular complexity index is 1080. The van der Waals surface area contributed by atoms with Crippen LogP contribution in [0.15, 0.2) is 48.9 Å². The number of pyridine rings is 2. The largest absolute Gasteiger partial charge is 0.490 e. The van der Waals surface area contributed by atoms with Crippen LogP contribution in [-0.4, -0.2) is 86.4 Å². The van der Waals surface area contributed by atoms with Gasteiger partial charge in [0.2, 0.25) is 0 Å². The van der Waals surface area contributed by atoms with Crippen LogP contribution in [0.4, 0.5) is 26.3 Å². The highest BCUT2D eigenvalue weighted by Gasteiger charge is 2.42. The molecular weight excluding hydrogens is 538 g/mol. The number of carbonyl (C=O) groups is 3. The number of hydrogen-bond acceptors (Lipinski definition) is 6. The second-order valence-electron chi connectivity index (χ2n) is 8.96. The topological polar surface area (TPSA) is 124 Å². The smallest absolute Gasteiger partial charge is 0.475 e. The quantitative estimate of drug-likeness (QED) is 0.539. The van der Waals surface area contributed by atoms with Gasteiger partial charge in [-0.05, 0) is 50.1 Å². The molecule has 2 N–H and O–H groups in total. The fourth-order valence-corrected chi connectivity index (χ4v) is 4.27. The van der Waals surface area contributed by atoms with Gasteiger partial charge in [-0.15, -0.1) is 0 Å². The van der Waals surface area contributed by atoms with E-state index in [1.54, 1.807) is 12.4 Å². The van der Waals surface area contributed by atoms with Crippen LogP contribution >= 0.6 is 0 Å². The average Bonchev–Trinajstić information content (AvgIpc) is 3.25. The summed E-state index contributed by atoms with van der Waals surface area (Å²) in [6.07, 6.45) is -1.47. The molecule has 0 radical (unpaired) electrons. The van der Waals surface area contributed by atoms with Gasteiger partial charge in [0.1, 0.15) is 0 Å². The molecule has 0 aromatic carbocycles. The van der Waals surface area contributed by atoms with E-state index in [1.807, 2.05) is 35.4 Å². The summed E-state index contributed by atoms with van der Waals surface area (Å²) in [6, 6.07) is 9.78. The van der Waals surface area contributed by atoms with Crippen LogP contribution < -0.4 is 0 Å². The van der Waals surface area contributed by atoms with Crippen molar-refractivity contribution in [3.63, 3.8) is 0 Å². The number of amides is 1. The highest BCUT2D eigenvalue weighted by atomic mass is 19.4. The average molecular weight is 564 g/mol. The fourth-order valence-electron chi connectivity index (χ4n) is 4.27. The minimum Gasteiger partial charge on any atom is -0.475 e. The standard InChI is InChI=1S/C20H24N4O.2C2HF3O2/c25-19(17-5-3-9-21-13-17)24-11-4-7-20(16-24)8-12-23(15-20)14-18-6-1-2-10-22-18;2*3-2(4,5)1(6)7/h1-3,5-6,9-10,13H,4,7-8,11-12,14-16H2;2*(H,6,7). The van der Waals surface area contributed by atoms with E-state index in [0.29, 0.717) is 5.56 Å². The van der Waals surface area contributed by atoms with Crippen molar-refractivity contribution in [2.45, 2.75) is 38.2 Å². The van der Waals surface area contributed by atoms with Crippen LogP contribution in [0.5, 0.6) is 0 Å². The van der Waals surface area contributed by atoms with Gasteiger partial charge in [-0.1, -0.05) is 6.07 Å². The van der Waals surface area contributed by atoms with Gasteiger partial charge in [-0.2, -0.15) is 26.3 Å². The maximum Gasteiger partial charge on any atom is 0.490 e. The molecule has 4 rings (SSSR count). The van der Waals surface area contributed by atoms with Crippen molar-refractivity contribution in [3.05, 3.63) is 60.2 Å². The molecule has 0 saturated carbocycles. The van der Waals surface area contributed by atoms with Crippen molar-refractivity contribution in [3.8, 4) is 0 Å². The number of nitrogens with zero attached hydrogens (tertiary/aromatic N) is 4. The van der Waals surface area contributed by atoms with E-state index in [0.717, 1.165) is 51.3 Å². The fraction of sp³-hybridized carbons (Fsp3) is 0.458. The summed E-state index contributed by atoms with van der Waals surface area (Å²) in [7, 11) is 0. The zero-order valence-corrected chi connectivity index (χ0v) is 20.5. The lowest BCUT2D eigenvalue weighted by Crippen LogP contribution is -2.47. The van der Waals surface area contributed by atoms with E-state index in [-0.39, 0.29) is 11.3 Å². The lowest BCUT2D eigenvalue weighted by atomic mass is 9.79. The first-order valence-electron chi connectivity index (χ1n) is 11.5. The molecule has 2 aliphatic rings. The second-order valence-corrected chi connectivity index (χ2v) is 8.96. The molecule has 1 atom stereocenters. The van der Waals surface area contributed by atoms with Crippen LogP contribution in [0.25, 0.3) is 0 Å². The Balaban J connectivity index is 0.000000317. The van der Waals surface area contributed by atoms with Crippen molar-refractivity contribution < 1.29 is 50.9 Å². The minimum absolute atomic E-state index is 0.121. The molecule has 0 bridgehead atoms. The number of carbonyl (C=O) groups excluding carboxylic acids is 1. The second kappa shape index (κ2) is 13.4. The SMILES string of the molecule is O=C(O)C(F)(F)F.O=C(O)C(F)(F)F.O=C(c1cccnc1)N1CCCC2(CCN(Cc3ccccn3)C2)C1. The van der Waals surface area contributed by atoms with Crippen molar-refractivity contribution in [2.75, 3.05) is 26.2 Å². The van der Waals surface area contributed by atoms with Crippen LogP contribution in [-0.2, 0) is 16.1 Å². The molecule has 2 aliphatic heterocycles. The number of aromatic nitrogens is 2. The van der Waals surface area contributed by atoms with Crippen molar-refractivity contribution in [2.24, 2.45) is 5.41 Å². The molecular formula is C24H26F6N4O5. The molecule has 214 valence electrons. The molecule has 9 nitrogen and oxygen atoms in total. The number of hydrogen-bond donors (Lipinski definition) is 2. The number of rotatable bonds is 3. The summed E-state index contributed by atoms with van der Waals surface area (Å²) in [4.78, 5) is 43.6. The highest BCUT2D eigenvalue weighted by Crippen LogP contribution is 2.39. The summed E-state index contributed by atoms with van der Waals surface area (Å²) in [5, 5.41) is 14.2. The third-order valence-electron chi connectivity index (χ3n) is 5.97. The molecule has 2 saturated heterocycles. The van der Waals surface area contributed by atoms with E-state index >= 15 is 0 Å². The van der Waals surface area contributed by atoms with Gasteiger partial charge in [0, 0.05) is 50.2 Å². The number of halogens is 6. The van der Waals surface area contributed by atoms with E-state index < -0.39 is 24.3 Å². The maximum absolute atomic E-state index is 12.8. The molecule has 2 fully saturated rings. The maximum atomic E-state index is 12.8. The predicted molar refractivity (Wildman–Crippen MR) is 123 cm³/mol. The van der Waals surface area contributed by atoms with E-state index in [1.165, 1.54) is 6.42 Å². The molecule has 2 aromatic rings. The monoisotopic (exact) mass is 564 g/mol. The Morgan fingerprint density at radius 1 is 0.872 bits per heavy atom. The van der Waals surface area contributed by atoms with Gasteiger partial charge in [0.15, 0.2) is 0 Å². The summed E-state index contributed by atoms with van der Waals surface area (Å²) in [5.74, 6) is -5.39. The van der Waals surface area contributed by atoms with Gasteiger partial charge < -0.3 is 15.1 Å². The molecule has 1 amide bonds. The third kappa shape index (κ3) is 10.1. The van der Waals surface area contributed by atoms with Crippen LogP contribution in [0.1, 0.15) is 35.3 Å². The minimum atomic E-state index is -5.08. The van der Waals surface area contributed by atoms with Crippen LogP contribution in [0, 0.1) is 5.41 Å². The number of carboxylic acid groups (broad SMARTS) is 2. The predicted octanol–water partition coefficient (Wildman–Crippen LogP) is 3.87. The summed E-state index contributed by atoms with van der Waals surface area (Å²) in [5.41, 5.74) is 2.06. The van der Waals surface area contributed by atoms with Crippen molar-refractivity contribution >= 4 is 17.8 Å². The lowest BCUT2D eigenvalue weighted by molar-refractivity contribution is -0.193. The van der Waals surface area contributed by atoms with E-state index in [9.17, 15) is 31.1 Å². The molecule has 39 heavy (non-hydrogen) atoms. The zero-order chi connectivity index (χ0) is 29.3.